The van der Waals surface area contributed by atoms with Crippen LogP contribution in [0.5, 0.6) is 17.2 Å². The molecule has 103 heavy (non-hydrogen) atoms. The lowest BCUT2D eigenvalue weighted by Gasteiger charge is -2.19. The molecule has 0 saturated heterocycles. The third-order valence-electron chi connectivity index (χ3n) is 14.0. The van der Waals surface area contributed by atoms with Gasteiger partial charge in [0, 0.05) is 78.9 Å². The molecule has 0 aliphatic heterocycles. The molecule has 3 N–H and O–H groups in total. The number of aromatic carboxylic acids is 1. The average molecular weight is 1420 g/mol. The van der Waals surface area contributed by atoms with E-state index in [2.05, 4.69) is 46.5 Å². The van der Waals surface area contributed by atoms with Crippen molar-refractivity contribution in [2.24, 2.45) is 5.16 Å². The number of ether oxygens (including phenoxy) is 10. The molecule has 0 amide bonds. The van der Waals surface area contributed by atoms with E-state index in [4.69, 9.17) is 68.4 Å². The van der Waals surface area contributed by atoms with Crippen LogP contribution in [-0.2, 0) is 33.2 Å². The molecule has 0 aliphatic carbocycles. The van der Waals surface area contributed by atoms with Crippen LogP contribution in [0.3, 0.4) is 0 Å². The summed E-state index contributed by atoms with van der Waals surface area (Å²) in [6.45, 7) is 11.8. The Balaban J connectivity index is 0.000000183. The van der Waals surface area contributed by atoms with Gasteiger partial charge in [-0.3, -0.25) is 5.10 Å². The van der Waals surface area contributed by atoms with E-state index in [1.54, 1.807) is 114 Å². The number of H-pyrrole nitrogens is 1. The van der Waals surface area contributed by atoms with Crippen molar-refractivity contribution in [3.05, 3.63) is 167 Å². The van der Waals surface area contributed by atoms with E-state index in [1.165, 1.54) is 90.3 Å². The minimum atomic E-state index is -1.01. The molecule has 11 rings (SSSR count). The van der Waals surface area contributed by atoms with Gasteiger partial charge in [-0.1, -0.05) is 51.9 Å². The number of fused-ring (bicyclic) bond motifs is 3. The van der Waals surface area contributed by atoms with Crippen LogP contribution < -0.4 is 14.2 Å². The molecule has 0 saturated carbocycles. The van der Waals surface area contributed by atoms with Gasteiger partial charge in [-0.25, -0.2) is 37.1 Å². The van der Waals surface area contributed by atoms with Crippen LogP contribution in [-0.4, -0.2) is 173 Å². The highest BCUT2D eigenvalue weighted by molar-refractivity contribution is 5.99. The number of carbonyl (C=O) groups is 5. The number of hydrogen-bond donors (Lipinski definition) is 3. The number of aromatic nitrogens is 8. The Morgan fingerprint density at radius 3 is 1.41 bits per heavy atom. The van der Waals surface area contributed by atoms with Crippen molar-refractivity contribution in [3.63, 3.8) is 0 Å². The summed E-state index contributed by atoms with van der Waals surface area (Å²) >= 11 is 0. The number of benzene rings is 6. The molecule has 0 radical (unpaired) electrons. The summed E-state index contributed by atoms with van der Waals surface area (Å²) in [6.07, 6.45) is 5.22. The number of carboxylic acids is 1. The van der Waals surface area contributed by atoms with Crippen LogP contribution in [0.1, 0.15) is 83.9 Å². The van der Waals surface area contributed by atoms with E-state index in [-0.39, 0.29) is 77.9 Å². The van der Waals surface area contributed by atoms with Gasteiger partial charge in [-0.15, -0.1) is 6.42 Å². The van der Waals surface area contributed by atoms with E-state index < -0.39 is 52.8 Å². The largest absolute Gasteiger partial charge is 0.488 e. The summed E-state index contributed by atoms with van der Waals surface area (Å²) in [5, 5.41) is 44.7. The first kappa shape index (κ1) is 76.4. The molecule has 538 valence electrons. The highest BCUT2D eigenvalue weighted by Gasteiger charge is 2.28. The Kier molecular flexibility index (Phi) is 25.6. The Bertz CT molecular complexity index is 4870. The molecule has 0 unspecified atom stereocenters. The second kappa shape index (κ2) is 34.6. The summed E-state index contributed by atoms with van der Waals surface area (Å²) in [6, 6.07) is 30.6. The van der Waals surface area contributed by atoms with E-state index in [9.17, 15) is 37.1 Å². The number of terminal acetylenes is 1. The molecule has 5 heterocycles. The number of carbonyl (C=O) groups excluding carboxylic acids is 4. The molecule has 11 aromatic rings. The summed E-state index contributed by atoms with van der Waals surface area (Å²) in [5.41, 5.74) is 4.46. The van der Waals surface area contributed by atoms with Gasteiger partial charge in [0.05, 0.1) is 73.5 Å². The molecule has 31 heteroatoms. The zero-order valence-electron chi connectivity index (χ0n) is 57.5. The van der Waals surface area contributed by atoms with E-state index in [1.807, 2.05) is 0 Å². The van der Waals surface area contributed by atoms with Crippen LogP contribution >= 0.6 is 0 Å². The minimum absolute atomic E-state index is 0.0205. The third-order valence-corrected chi connectivity index (χ3v) is 14.0. The van der Waals surface area contributed by atoms with Gasteiger partial charge in [-0.05, 0) is 108 Å². The van der Waals surface area contributed by atoms with Crippen LogP contribution in [0.15, 0.2) is 136 Å². The van der Waals surface area contributed by atoms with Crippen molar-refractivity contribution in [1.82, 2.24) is 40.1 Å². The van der Waals surface area contributed by atoms with Gasteiger partial charge in [0.1, 0.15) is 59.5 Å². The fourth-order valence-corrected chi connectivity index (χ4v) is 9.26. The number of nitrogens with zero attached hydrogens (tertiary/aromatic N) is 8. The van der Waals surface area contributed by atoms with Crippen molar-refractivity contribution in [1.29, 1.82) is 0 Å². The number of carboxylic acid groups (broad SMARTS) is 1. The van der Waals surface area contributed by atoms with E-state index >= 15 is 0 Å². The average Bonchev–Trinajstić information content (AvgIpc) is 1.63. The fourth-order valence-electron chi connectivity index (χ4n) is 9.26. The number of oxime groups is 1. The number of esters is 2. The zero-order chi connectivity index (χ0) is 74.7. The molecule has 0 bridgehead atoms. The monoisotopic (exact) mass is 1420 g/mol. The Labute approximate surface area is 585 Å². The molecular formula is C72H70F3N9O19. The Hall–Kier alpha value is -12.4. The van der Waals surface area contributed by atoms with Crippen LogP contribution in [0.4, 0.5) is 22.8 Å². The van der Waals surface area contributed by atoms with Crippen molar-refractivity contribution in [2.75, 3.05) is 75.2 Å². The Morgan fingerprint density at radius 1 is 0.553 bits per heavy atom. The summed E-state index contributed by atoms with van der Waals surface area (Å²) in [7, 11) is 7.19. The number of hydrogen-bond acceptors (Lipinski definition) is 24. The molecule has 0 atom stereocenters. The quantitative estimate of drug-likeness (QED) is 0.0121. The number of rotatable bonds is 20. The Morgan fingerprint density at radius 2 is 0.971 bits per heavy atom. The summed E-state index contributed by atoms with van der Waals surface area (Å²) in [5.74, 6) is -0.718. The SMILES string of the molecule is C#Cc1nn(C(=O)OC(C)(C)C)c2cc(OCCOC)c(F)cc12.COC(=O)c1ccc(/C=N/O)cc1.COCCOc1cc2[nH]nc(-c3cc(-c4ccc(C(=O)O)cc4)no3)c2cc1F.COCCOc1cc2c(cc1F)c(-c1cc(-c3ccc(C(=O)OC)cc3)no1)nn2C(=O)OC(C)(C)C. The van der Waals surface area contributed by atoms with Gasteiger partial charge in [0.2, 0.25) is 0 Å². The van der Waals surface area contributed by atoms with Gasteiger partial charge in [-0.2, -0.15) is 24.7 Å². The van der Waals surface area contributed by atoms with Crippen molar-refractivity contribution < 1.29 is 104 Å². The van der Waals surface area contributed by atoms with Crippen LogP contribution in [0.25, 0.3) is 78.1 Å². The van der Waals surface area contributed by atoms with Crippen molar-refractivity contribution in [2.45, 2.75) is 52.7 Å². The molecule has 6 aromatic carbocycles. The van der Waals surface area contributed by atoms with Crippen molar-refractivity contribution >= 4 is 69.0 Å². The number of halogens is 3. The van der Waals surface area contributed by atoms with Crippen LogP contribution in [0.2, 0.25) is 0 Å². The maximum absolute atomic E-state index is 14.9. The minimum Gasteiger partial charge on any atom is -0.488 e. The predicted octanol–water partition coefficient (Wildman–Crippen LogP) is 13.1. The lowest BCUT2D eigenvalue weighted by Crippen LogP contribution is -2.27. The van der Waals surface area contributed by atoms with Crippen molar-refractivity contribution in [3.8, 4) is 75.0 Å². The van der Waals surface area contributed by atoms with Crippen LogP contribution in [0, 0.1) is 29.8 Å². The van der Waals surface area contributed by atoms with Gasteiger partial charge in [0.25, 0.3) is 0 Å². The van der Waals surface area contributed by atoms with E-state index in [0.29, 0.717) is 85.5 Å². The second-order valence-corrected chi connectivity index (χ2v) is 23.6. The highest BCUT2D eigenvalue weighted by Crippen LogP contribution is 2.37. The topological polar surface area (TPSA) is 347 Å². The first-order valence-corrected chi connectivity index (χ1v) is 30.9. The molecular weight excluding hydrogens is 1350 g/mol. The third kappa shape index (κ3) is 19.7. The second-order valence-electron chi connectivity index (χ2n) is 23.6. The first-order chi connectivity index (χ1) is 49.2. The summed E-state index contributed by atoms with van der Waals surface area (Å²) in [4.78, 5) is 58.9. The lowest BCUT2D eigenvalue weighted by atomic mass is 10.1. The summed E-state index contributed by atoms with van der Waals surface area (Å²) < 4.78 is 107. The predicted molar refractivity (Wildman–Crippen MR) is 366 cm³/mol. The molecule has 0 fully saturated rings. The smallest absolute Gasteiger partial charge is 0.435 e. The maximum atomic E-state index is 14.9. The molecule has 5 aromatic heterocycles. The number of aromatic amines is 1. The molecule has 28 nitrogen and oxygen atoms in total. The highest BCUT2D eigenvalue weighted by atomic mass is 19.1. The molecule has 0 aliphatic rings. The zero-order valence-corrected chi connectivity index (χ0v) is 57.5. The normalized spacial score (nSPS) is 11.2. The van der Waals surface area contributed by atoms with Gasteiger partial charge in [0.15, 0.2) is 46.2 Å². The van der Waals surface area contributed by atoms with Gasteiger partial charge >= 0.3 is 30.1 Å². The number of nitrogens with one attached hydrogen (secondary N) is 1. The standard InChI is InChI=1S/C26H26FN3O7.C20H16FN3O5.C17H19FN2O4.C9H9NO3/c1-26(2,3)36-25(32)30-20-14-21(35-11-10-33-4)18(27)12-17(20)23(28-30)22-13-19(29-37-22)15-6-8-16(9-7-15)24(31)34-5;1-27-6-7-28-17-10-16-13(8-14(17)21)19(23-22-16)18-9-15(24-29-18)11-2-4-12(5-3-11)20(25)26;1-6-13-11-9-12(18)15(23-8-7-22-5)10-14(11)20(19-13)16(21)24-17(2,3)4;1-13-9(11)8-4-2-7(3-5-8)6-10-12/h6-9,12-14H,10-11H2,1-5H3;2-5,8-10H,6-7H2,1H3,(H,22,23)(H,25,26);1,9-10H,7-8H2,2-5H3;2-6,12H,1H3/b;;;10-6+. The first-order valence-electron chi connectivity index (χ1n) is 30.9. The van der Waals surface area contributed by atoms with E-state index in [0.717, 1.165) is 14.9 Å². The number of methoxy groups -OCH3 is 5. The van der Waals surface area contributed by atoms with Gasteiger partial charge < -0.3 is 66.7 Å². The lowest BCUT2D eigenvalue weighted by molar-refractivity contribution is 0.0511. The maximum Gasteiger partial charge on any atom is 0.435 e. The fraction of sp³-hybridized carbons (Fsp3) is 0.264. The molecule has 0 spiro atoms.